The molecule has 0 saturated carbocycles. The van der Waals surface area contributed by atoms with Crippen molar-refractivity contribution in [1.82, 2.24) is 5.16 Å². The Labute approximate surface area is 124 Å². The zero-order chi connectivity index (χ0) is 15.6. The van der Waals surface area contributed by atoms with Crippen LogP contribution < -0.4 is 11.1 Å². The van der Waals surface area contributed by atoms with Gasteiger partial charge in [-0.2, -0.15) is 13.2 Å². The molecule has 0 aliphatic rings. The summed E-state index contributed by atoms with van der Waals surface area (Å²) in [7, 11) is 0. The van der Waals surface area contributed by atoms with Gasteiger partial charge in [0.2, 0.25) is 0 Å². The lowest BCUT2D eigenvalue weighted by molar-refractivity contribution is -0.137. The van der Waals surface area contributed by atoms with E-state index >= 15 is 0 Å². The van der Waals surface area contributed by atoms with Gasteiger partial charge in [-0.15, -0.1) is 0 Å². The van der Waals surface area contributed by atoms with Crippen LogP contribution in [0.25, 0.3) is 0 Å². The van der Waals surface area contributed by atoms with Crippen molar-refractivity contribution in [2.45, 2.75) is 19.6 Å². The summed E-state index contributed by atoms with van der Waals surface area (Å²) in [5, 5.41) is 6.72. The summed E-state index contributed by atoms with van der Waals surface area (Å²) in [5.74, 6) is 0.656. The normalized spacial score (nSPS) is 11.4. The monoisotopic (exact) mass is 315 g/mol. The summed E-state index contributed by atoms with van der Waals surface area (Å²) in [4.78, 5) is -0.303. The van der Waals surface area contributed by atoms with E-state index in [1.165, 1.54) is 12.1 Å². The second-order valence-electron chi connectivity index (χ2n) is 4.40. The highest BCUT2D eigenvalue weighted by Gasteiger charge is 2.34. The molecule has 0 amide bonds. The van der Waals surface area contributed by atoms with E-state index in [0.717, 1.165) is 6.07 Å². The molecule has 1 aromatic heterocycles. The fourth-order valence-electron chi connectivity index (χ4n) is 1.80. The minimum absolute atomic E-state index is 0.209. The highest BCUT2D eigenvalue weighted by molar-refractivity contribution is 7.80. The van der Waals surface area contributed by atoms with Crippen molar-refractivity contribution in [1.29, 1.82) is 0 Å². The number of aromatic nitrogens is 1. The number of rotatable bonds is 4. The van der Waals surface area contributed by atoms with Crippen LogP contribution in [0.1, 0.15) is 22.6 Å². The molecule has 0 aliphatic heterocycles. The van der Waals surface area contributed by atoms with Crippen molar-refractivity contribution in [3.8, 4) is 0 Å². The van der Waals surface area contributed by atoms with Gasteiger partial charge in [0.05, 0.1) is 12.1 Å². The Morgan fingerprint density at radius 1 is 1.38 bits per heavy atom. The lowest BCUT2D eigenvalue weighted by Gasteiger charge is -2.14. The third-order valence-electron chi connectivity index (χ3n) is 2.74. The summed E-state index contributed by atoms with van der Waals surface area (Å²) < 4.78 is 43.4. The highest BCUT2D eigenvalue weighted by atomic mass is 32.1. The van der Waals surface area contributed by atoms with E-state index in [-0.39, 0.29) is 10.6 Å². The van der Waals surface area contributed by atoms with Crippen molar-refractivity contribution >= 4 is 22.9 Å². The number of anilines is 1. The Bertz CT molecular complexity index is 667. The van der Waals surface area contributed by atoms with Gasteiger partial charge < -0.3 is 15.6 Å². The average molecular weight is 315 g/mol. The minimum atomic E-state index is -4.50. The molecule has 112 valence electrons. The molecular weight excluding hydrogens is 303 g/mol. The summed E-state index contributed by atoms with van der Waals surface area (Å²) >= 11 is 4.68. The number of hydrogen-bond donors (Lipinski definition) is 2. The maximum Gasteiger partial charge on any atom is 0.417 e. The second-order valence-corrected chi connectivity index (χ2v) is 4.84. The van der Waals surface area contributed by atoms with E-state index in [9.17, 15) is 13.2 Å². The lowest BCUT2D eigenvalue weighted by atomic mass is 10.1. The molecule has 3 N–H and O–H groups in total. The fourth-order valence-corrected chi connectivity index (χ4v) is 1.97. The van der Waals surface area contributed by atoms with Gasteiger partial charge in [0, 0.05) is 17.3 Å². The fraction of sp³-hybridized carbons (Fsp3) is 0.231. The highest BCUT2D eigenvalue weighted by Crippen LogP contribution is 2.33. The molecule has 0 fully saturated rings. The third-order valence-corrected chi connectivity index (χ3v) is 2.96. The Morgan fingerprint density at radius 2 is 2.10 bits per heavy atom. The van der Waals surface area contributed by atoms with Crippen molar-refractivity contribution in [2.75, 3.05) is 5.32 Å². The van der Waals surface area contributed by atoms with Crippen LogP contribution >= 0.6 is 12.2 Å². The molecule has 0 radical (unpaired) electrons. The van der Waals surface area contributed by atoms with Crippen LogP contribution in [0.4, 0.5) is 18.9 Å². The first-order valence-electron chi connectivity index (χ1n) is 5.94. The van der Waals surface area contributed by atoms with E-state index in [1.54, 1.807) is 13.0 Å². The Balaban J connectivity index is 2.22. The van der Waals surface area contributed by atoms with Crippen LogP contribution in [0.3, 0.4) is 0 Å². The van der Waals surface area contributed by atoms with E-state index < -0.39 is 11.7 Å². The quantitative estimate of drug-likeness (QED) is 0.848. The molecule has 0 bridgehead atoms. The molecule has 0 aliphatic carbocycles. The first kappa shape index (κ1) is 15.3. The van der Waals surface area contributed by atoms with E-state index in [4.69, 9.17) is 10.3 Å². The molecule has 0 atom stereocenters. The third kappa shape index (κ3) is 3.72. The molecule has 0 saturated heterocycles. The maximum absolute atomic E-state index is 12.8. The maximum atomic E-state index is 12.8. The van der Waals surface area contributed by atoms with Crippen LogP contribution in [0.2, 0.25) is 0 Å². The minimum Gasteiger partial charge on any atom is -0.389 e. The summed E-state index contributed by atoms with van der Waals surface area (Å²) in [6.45, 7) is 2.07. The standard InChI is InChI=1S/C13H12F3N3OS/c1-7-4-9(19-20-7)6-18-8-2-3-11(13(14,15)16)10(5-8)12(17)21/h2-5,18H,6H2,1H3,(H2,17,21). The van der Waals surface area contributed by atoms with Gasteiger partial charge in [0.25, 0.3) is 0 Å². The summed E-state index contributed by atoms with van der Waals surface area (Å²) in [5.41, 5.74) is 5.42. The zero-order valence-electron chi connectivity index (χ0n) is 11.0. The van der Waals surface area contributed by atoms with Crippen LogP contribution in [0.15, 0.2) is 28.8 Å². The smallest absolute Gasteiger partial charge is 0.389 e. The first-order chi connectivity index (χ1) is 9.77. The Hall–Kier alpha value is -2.09. The number of nitrogens with one attached hydrogen (secondary N) is 1. The number of aryl methyl sites for hydroxylation is 1. The number of alkyl halides is 3. The largest absolute Gasteiger partial charge is 0.417 e. The second kappa shape index (κ2) is 5.72. The Morgan fingerprint density at radius 3 is 2.62 bits per heavy atom. The van der Waals surface area contributed by atoms with Gasteiger partial charge in [0.1, 0.15) is 16.4 Å². The van der Waals surface area contributed by atoms with Gasteiger partial charge in [-0.05, 0) is 25.1 Å². The van der Waals surface area contributed by atoms with Gasteiger partial charge in [0.15, 0.2) is 0 Å². The van der Waals surface area contributed by atoms with E-state index in [2.05, 4.69) is 22.7 Å². The summed E-state index contributed by atoms with van der Waals surface area (Å²) in [6, 6.07) is 5.27. The lowest BCUT2D eigenvalue weighted by Crippen LogP contribution is -2.18. The van der Waals surface area contributed by atoms with Gasteiger partial charge in [-0.25, -0.2) is 0 Å². The van der Waals surface area contributed by atoms with Crippen molar-refractivity contribution in [2.24, 2.45) is 5.73 Å². The molecule has 1 aromatic carbocycles. The molecule has 2 aromatic rings. The van der Waals surface area contributed by atoms with E-state index in [0.29, 0.717) is 23.7 Å². The molecule has 4 nitrogen and oxygen atoms in total. The predicted octanol–water partition coefficient (Wildman–Crippen LogP) is 3.25. The molecule has 2 rings (SSSR count). The first-order valence-corrected chi connectivity index (χ1v) is 6.35. The van der Waals surface area contributed by atoms with Crippen LogP contribution in [-0.4, -0.2) is 10.1 Å². The summed E-state index contributed by atoms with van der Waals surface area (Å²) in [6.07, 6.45) is -4.50. The molecule has 21 heavy (non-hydrogen) atoms. The van der Waals surface area contributed by atoms with Gasteiger partial charge >= 0.3 is 6.18 Å². The van der Waals surface area contributed by atoms with E-state index in [1.807, 2.05) is 0 Å². The van der Waals surface area contributed by atoms with Gasteiger partial charge in [-0.1, -0.05) is 17.4 Å². The van der Waals surface area contributed by atoms with Crippen LogP contribution in [0, 0.1) is 6.92 Å². The molecule has 0 spiro atoms. The van der Waals surface area contributed by atoms with Crippen molar-refractivity contribution < 1.29 is 17.7 Å². The van der Waals surface area contributed by atoms with Crippen molar-refractivity contribution in [3.05, 3.63) is 46.8 Å². The molecular formula is C13H12F3N3OS. The number of hydrogen-bond acceptors (Lipinski definition) is 4. The average Bonchev–Trinajstić information content (AvgIpc) is 2.80. The molecule has 0 unspecified atom stereocenters. The number of halogens is 3. The SMILES string of the molecule is Cc1cc(CNc2ccc(C(F)(F)F)c(C(N)=S)c2)no1. The van der Waals surface area contributed by atoms with Gasteiger partial charge in [-0.3, -0.25) is 0 Å². The predicted molar refractivity (Wildman–Crippen MR) is 75.9 cm³/mol. The van der Waals surface area contributed by atoms with Crippen LogP contribution in [0.5, 0.6) is 0 Å². The number of thiocarbonyl (C=S) groups is 1. The number of benzene rings is 1. The number of nitrogens with two attached hydrogens (primary N) is 1. The zero-order valence-corrected chi connectivity index (χ0v) is 11.8. The topological polar surface area (TPSA) is 64.1 Å². The number of nitrogens with zero attached hydrogens (tertiary/aromatic N) is 1. The van der Waals surface area contributed by atoms with Crippen molar-refractivity contribution in [3.63, 3.8) is 0 Å². The Kier molecular flexibility index (Phi) is 4.17. The molecule has 1 heterocycles. The van der Waals surface area contributed by atoms with Crippen LogP contribution in [-0.2, 0) is 12.7 Å². The molecule has 8 heteroatoms.